The van der Waals surface area contributed by atoms with Gasteiger partial charge < -0.3 is 14.6 Å². The molecule has 138 valence electrons. The molecule has 1 unspecified atom stereocenters. The summed E-state index contributed by atoms with van der Waals surface area (Å²) in [5.74, 6) is 0. The second-order valence-electron chi connectivity index (χ2n) is 5.96. The highest BCUT2D eigenvalue weighted by Crippen LogP contribution is 2.14. The van der Waals surface area contributed by atoms with Crippen LogP contribution in [0.1, 0.15) is 24.3 Å². The molecule has 1 aromatic heterocycles. The standard InChI is InChI=1S/C20H29NO3S/c1-3-23-20(24-4-2)16-21(15-19-11-8-12-25-19)14-18(22)13-17-9-6-5-7-10-17/h5-12,18,20,22H,3-4,13-16H2,1-2H3. The van der Waals surface area contributed by atoms with E-state index in [1.54, 1.807) is 11.3 Å². The Kier molecular flexibility index (Phi) is 9.15. The molecule has 0 aliphatic rings. The number of hydrogen-bond acceptors (Lipinski definition) is 5. The third-order valence-corrected chi connectivity index (χ3v) is 4.72. The summed E-state index contributed by atoms with van der Waals surface area (Å²) >= 11 is 1.73. The third-order valence-electron chi connectivity index (χ3n) is 3.86. The summed E-state index contributed by atoms with van der Waals surface area (Å²) in [5.41, 5.74) is 1.15. The first-order chi connectivity index (χ1) is 12.2. The van der Waals surface area contributed by atoms with Gasteiger partial charge in [-0.2, -0.15) is 0 Å². The molecule has 0 aliphatic heterocycles. The molecule has 2 aromatic rings. The van der Waals surface area contributed by atoms with Crippen molar-refractivity contribution in [2.24, 2.45) is 0 Å². The molecular weight excluding hydrogens is 334 g/mol. The normalized spacial score (nSPS) is 12.8. The molecule has 0 fully saturated rings. The van der Waals surface area contributed by atoms with E-state index in [-0.39, 0.29) is 6.29 Å². The number of aliphatic hydroxyl groups excluding tert-OH is 1. The lowest BCUT2D eigenvalue weighted by Crippen LogP contribution is -2.40. The first-order valence-electron chi connectivity index (χ1n) is 8.91. The van der Waals surface area contributed by atoms with Crippen LogP contribution >= 0.6 is 11.3 Å². The van der Waals surface area contributed by atoms with Gasteiger partial charge in [0.25, 0.3) is 0 Å². The molecule has 0 amide bonds. The summed E-state index contributed by atoms with van der Waals surface area (Å²) in [7, 11) is 0. The minimum absolute atomic E-state index is 0.265. The van der Waals surface area contributed by atoms with Crippen molar-refractivity contribution in [3.05, 3.63) is 58.3 Å². The van der Waals surface area contributed by atoms with E-state index in [1.807, 2.05) is 32.0 Å². The summed E-state index contributed by atoms with van der Waals surface area (Å²) in [6.07, 6.45) is -0.0411. The summed E-state index contributed by atoms with van der Waals surface area (Å²) in [5, 5.41) is 12.6. The van der Waals surface area contributed by atoms with Crippen LogP contribution in [0.4, 0.5) is 0 Å². The molecule has 0 saturated heterocycles. The van der Waals surface area contributed by atoms with Crippen molar-refractivity contribution in [2.75, 3.05) is 26.3 Å². The Labute approximate surface area is 155 Å². The zero-order valence-corrected chi connectivity index (χ0v) is 16.0. The van der Waals surface area contributed by atoms with Crippen LogP contribution in [0.5, 0.6) is 0 Å². The topological polar surface area (TPSA) is 41.9 Å². The molecule has 25 heavy (non-hydrogen) atoms. The van der Waals surface area contributed by atoms with Crippen LogP contribution in [0.15, 0.2) is 47.8 Å². The van der Waals surface area contributed by atoms with Crippen LogP contribution in [0.25, 0.3) is 0 Å². The minimum Gasteiger partial charge on any atom is -0.391 e. The van der Waals surface area contributed by atoms with Crippen molar-refractivity contribution in [3.8, 4) is 0 Å². The van der Waals surface area contributed by atoms with E-state index in [9.17, 15) is 5.11 Å². The average Bonchev–Trinajstić information content (AvgIpc) is 3.09. The van der Waals surface area contributed by atoms with E-state index >= 15 is 0 Å². The number of aliphatic hydroxyl groups is 1. The second kappa shape index (κ2) is 11.4. The van der Waals surface area contributed by atoms with Gasteiger partial charge >= 0.3 is 0 Å². The smallest absolute Gasteiger partial charge is 0.170 e. The predicted molar refractivity (Wildman–Crippen MR) is 103 cm³/mol. The van der Waals surface area contributed by atoms with Crippen LogP contribution in [-0.2, 0) is 22.4 Å². The number of hydrogen-bond donors (Lipinski definition) is 1. The van der Waals surface area contributed by atoms with Gasteiger partial charge in [-0.1, -0.05) is 36.4 Å². The van der Waals surface area contributed by atoms with E-state index in [2.05, 4.69) is 34.5 Å². The summed E-state index contributed by atoms with van der Waals surface area (Å²) in [6, 6.07) is 14.3. The molecule has 5 heteroatoms. The summed E-state index contributed by atoms with van der Waals surface area (Å²) in [4.78, 5) is 3.49. The van der Waals surface area contributed by atoms with Crippen molar-refractivity contribution in [1.29, 1.82) is 0 Å². The Morgan fingerprint density at radius 3 is 2.32 bits per heavy atom. The first kappa shape index (κ1) is 20.1. The zero-order chi connectivity index (χ0) is 17.9. The minimum atomic E-state index is -0.425. The molecule has 1 N–H and O–H groups in total. The van der Waals surface area contributed by atoms with Gasteiger partial charge in [0.15, 0.2) is 6.29 Å². The molecule has 2 rings (SSSR count). The predicted octanol–water partition coefficient (Wildman–Crippen LogP) is 3.55. The second-order valence-corrected chi connectivity index (χ2v) is 6.99. The highest BCUT2D eigenvalue weighted by atomic mass is 32.1. The van der Waals surface area contributed by atoms with Crippen molar-refractivity contribution >= 4 is 11.3 Å². The average molecular weight is 364 g/mol. The molecule has 4 nitrogen and oxygen atoms in total. The molecule has 0 radical (unpaired) electrons. The maximum Gasteiger partial charge on any atom is 0.170 e. The molecule has 0 spiro atoms. The van der Waals surface area contributed by atoms with Crippen LogP contribution in [0.3, 0.4) is 0 Å². The van der Waals surface area contributed by atoms with Gasteiger partial charge in [-0.3, -0.25) is 4.90 Å². The van der Waals surface area contributed by atoms with Crippen molar-refractivity contribution in [2.45, 2.75) is 39.2 Å². The molecule has 0 saturated carbocycles. The van der Waals surface area contributed by atoms with Crippen LogP contribution in [0.2, 0.25) is 0 Å². The van der Waals surface area contributed by atoms with Crippen LogP contribution < -0.4 is 0 Å². The maximum atomic E-state index is 10.6. The Balaban J connectivity index is 1.97. The first-order valence-corrected chi connectivity index (χ1v) is 9.79. The van der Waals surface area contributed by atoms with Gasteiger partial charge in [0.2, 0.25) is 0 Å². The van der Waals surface area contributed by atoms with E-state index < -0.39 is 6.10 Å². The largest absolute Gasteiger partial charge is 0.391 e. The molecule has 1 atom stereocenters. The lowest BCUT2D eigenvalue weighted by Gasteiger charge is -2.28. The van der Waals surface area contributed by atoms with Gasteiger partial charge in [-0.15, -0.1) is 11.3 Å². The van der Waals surface area contributed by atoms with E-state index in [0.29, 0.717) is 32.7 Å². The Morgan fingerprint density at radius 1 is 1.00 bits per heavy atom. The Bertz CT molecular complexity index is 556. The molecule has 0 bridgehead atoms. The summed E-state index contributed by atoms with van der Waals surface area (Å²) < 4.78 is 11.4. The molecule has 1 aromatic carbocycles. The fourth-order valence-electron chi connectivity index (χ4n) is 2.81. The monoisotopic (exact) mass is 363 g/mol. The molecule has 1 heterocycles. The van der Waals surface area contributed by atoms with Gasteiger partial charge in [0, 0.05) is 37.7 Å². The number of ether oxygens (including phenoxy) is 2. The Hall–Kier alpha value is -1.24. The molecule has 0 aliphatic carbocycles. The zero-order valence-electron chi connectivity index (χ0n) is 15.1. The van der Waals surface area contributed by atoms with Gasteiger partial charge in [-0.05, 0) is 37.3 Å². The number of thiophene rings is 1. The van der Waals surface area contributed by atoms with Crippen molar-refractivity contribution in [1.82, 2.24) is 4.90 Å². The number of benzene rings is 1. The quantitative estimate of drug-likeness (QED) is 0.586. The van der Waals surface area contributed by atoms with Gasteiger partial charge in [0.1, 0.15) is 0 Å². The summed E-state index contributed by atoms with van der Waals surface area (Å²) in [6.45, 7) is 7.20. The van der Waals surface area contributed by atoms with E-state index in [0.717, 1.165) is 12.1 Å². The van der Waals surface area contributed by atoms with Crippen LogP contribution in [-0.4, -0.2) is 48.7 Å². The fraction of sp³-hybridized carbons (Fsp3) is 0.500. The van der Waals surface area contributed by atoms with Crippen molar-refractivity contribution in [3.63, 3.8) is 0 Å². The third kappa shape index (κ3) is 7.67. The fourth-order valence-corrected chi connectivity index (χ4v) is 3.56. The highest BCUT2D eigenvalue weighted by molar-refractivity contribution is 7.09. The molecular formula is C20H29NO3S. The Morgan fingerprint density at radius 2 is 1.72 bits per heavy atom. The van der Waals surface area contributed by atoms with E-state index in [4.69, 9.17) is 9.47 Å². The highest BCUT2D eigenvalue weighted by Gasteiger charge is 2.19. The van der Waals surface area contributed by atoms with Crippen LogP contribution in [0, 0.1) is 0 Å². The lowest BCUT2D eigenvalue weighted by atomic mass is 10.1. The SMILES string of the molecule is CCOC(CN(Cc1cccs1)CC(O)Cc1ccccc1)OCC. The lowest BCUT2D eigenvalue weighted by molar-refractivity contribution is -0.149. The van der Waals surface area contributed by atoms with E-state index in [1.165, 1.54) is 4.88 Å². The number of rotatable bonds is 12. The van der Waals surface area contributed by atoms with Gasteiger partial charge in [-0.25, -0.2) is 0 Å². The number of nitrogens with zero attached hydrogens (tertiary/aromatic N) is 1. The van der Waals surface area contributed by atoms with Gasteiger partial charge in [0.05, 0.1) is 6.10 Å². The van der Waals surface area contributed by atoms with Crippen molar-refractivity contribution < 1.29 is 14.6 Å². The maximum absolute atomic E-state index is 10.6.